The van der Waals surface area contributed by atoms with E-state index < -0.39 is 0 Å². The van der Waals surface area contributed by atoms with Crippen molar-refractivity contribution >= 4 is 11.9 Å². The van der Waals surface area contributed by atoms with Gasteiger partial charge in [-0.3, -0.25) is 4.79 Å². The summed E-state index contributed by atoms with van der Waals surface area (Å²) in [6, 6.07) is 7.99. The molecule has 0 saturated heterocycles. The molecular weight excluding hydrogens is 268 g/mol. The Labute approximate surface area is 121 Å². The van der Waals surface area contributed by atoms with Crippen molar-refractivity contribution in [3.63, 3.8) is 0 Å². The third-order valence-corrected chi connectivity index (χ3v) is 3.46. The molecule has 2 N–H and O–H groups in total. The molecule has 0 saturated carbocycles. The number of aryl methyl sites for hydroxylation is 2. The Morgan fingerprint density at radius 1 is 1.05 bits per heavy atom. The van der Waals surface area contributed by atoms with Gasteiger partial charge in [0.1, 0.15) is 17.2 Å². The number of fused-ring (bicyclic) bond motifs is 1. The van der Waals surface area contributed by atoms with E-state index in [-0.39, 0.29) is 23.0 Å². The zero-order valence-corrected chi connectivity index (χ0v) is 11.7. The van der Waals surface area contributed by atoms with Crippen LogP contribution in [0, 0.1) is 13.8 Å². The first kappa shape index (κ1) is 13.2. The maximum absolute atomic E-state index is 12.2. The maximum atomic E-state index is 12.2. The Morgan fingerprint density at radius 3 is 2.38 bits per heavy atom. The van der Waals surface area contributed by atoms with Crippen molar-refractivity contribution in [1.82, 2.24) is 0 Å². The smallest absolute Gasteiger partial charge is 0.231 e. The van der Waals surface area contributed by atoms with Crippen molar-refractivity contribution < 1.29 is 19.7 Å². The first-order valence-electron chi connectivity index (χ1n) is 6.53. The van der Waals surface area contributed by atoms with Gasteiger partial charge in [-0.15, -0.1) is 0 Å². The molecule has 2 aromatic carbocycles. The largest absolute Gasteiger partial charge is 0.508 e. The molecule has 0 radical (unpaired) electrons. The van der Waals surface area contributed by atoms with Gasteiger partial charge in [-0.1, -0.05) is 0 Å². The first-order chi connectivity index (χ1) is 9.95. The molecule has 21 heavy (non-hydrogen) atoms. The number of hydrogen-bond donors (Lipinski definition) is 2. The molecule has 106 valence electrons. The zero-order chi connectivity index (χ0) is 15.1. The lowest BCUT2D eigenvalue weighted by Gasteiger charge is -2.05. The Bertz CT molecular complexity index is 764. The highest BCUT2D eigenvalue weighted by Gasteiger charge is 2.27. The van der Waals surface area contributed by atoms with Crippen LogP contribution >= 0.6 is 0 Å². The maximum Gasteiger partial charge on any atom is 0.231 e. The van der Waals surface area contributed by atoms with Crippen LogP contribution in [-0.4, -0.2) is 16.0 Å². The van der Waals surface area contributed by atoms with E-state index in [1.165, 1.54) is 12.1 Å². The number of rotatable bonds is 1. The summed E-state index contributed by atoms with van der Waals surface area (Å²) in [7, 11) is 0. The first-order valence-corrected chi connectivity index (χ1v) is 6.53. The Hall–Kier alpha value is -2.75. The van der Waals surface area contributed by atoms with Crippen molar-refractivity contribution in [2.24, 2.45) is 0 Å². The van der Waals surface area contributed by atoms with Gasteiger partial charge < -0.3 is 14.9 Å². The minimum atomic E-state index is -0.214. The molecule has 0 amide bonds. The van der Waals surface area contributed by atoms with E-state index in [9.17, 15) is 15.0 Å². The minimum Gasteiger partial charge on any atom is -0.508 e. The molecular formula is C17H14O4. The second-order valence-corrected chi connectivity index (χ2v) is 5.12. The monoisotopic (exact) mass is 282 g/mol. The van der Waals surface area contributed by atoms with E-state index in [1.807, 2.05) is 0 Å². The van der Waals surface area contributed by atoms with Crippen molar-refractivity contribution in [3.8, 4) is 17.2 Å². The van der Waals surface area contributed by atoms with Gasteiger partial charge in [0.2, 0.25) is 5.78 Å². The number of carbonyl (C=O) groups excluding carboxylic acids is 1. The predicted molar refractivity (Wildman–Crippen MR) is 78.6 cm³/mol. The summed E-state index contributed by atoms with van der Waals surface area (Å²) in [5.41, 5.74) is 2.69. The Balaban J connectivity index is 2.01. The van der Waals surface area contributed by atoms with E-state index in [0.29, 0.717) is 11.3 Å². The van der Waals surface area contributed by atoms with Gasteiger partial charge in [0.15, 0.2) is 5.76 Å². The second kappa shape index (κ2) is 4.66. The van der Waals surface area contributed by atoms with E-state index in [0.717, 1.165) is 16.7 Å². The summed E-state index contributed by atoms with van der Waals surface area (Å²) in [6.07, 6.45) is 1.64. The third-order valence-electron chi connectivity index (χ3n) is 3.46. The molecule has 0 spiro atoms. The number of hydrogen-bond acceptors (Lipinski definition) is 4. The molecule has 0 aliphatic carbocycles. The average Bonchev–Trinajstić information content (AvgIpc) is 2.72. The average molecular weight is 282 g/mol. The van der Waals surface area contributed by atoms with Gasteiger partial charge in [0.05, 0.1) is 5.56 Å². The number of benzene rings is 2. The normalized spacial score (nSPS) is 15.1. The van der Waals surface area contributed by atoms with Gasteiger partial charge >= 0.3 is 0 Å². The predicted octanol–water partition coefficient (Wildman–Crippen LogP) is 3.33. The summed E-state index contributed by atoms with van der Waals surface area (Å²) in [5.74, 6) is 0.662. The van der Waals surface area contributed by atoms with E-state index in [4.69, 9.17) is 4.74 Å². The molecule has 1 heterocycles. The molecule has 0 unspecified atom stereocenters. The van der Waals surface area contributed by atoms with Crippen LogP contribution in [0.5, 0.6) is 17.2 Å². The minimum absolute atomic E-state index is 0.0547. The summed E-state index contributed by atoms with van der Waals surface area (Å²) in [4.78, 5) is 12.2. The molecule has 4 nitrogen and oxygen atoms in total. The van der Waals surface area contributed by atoms with Crippen LogP contribution in [0.3, 0.4) is 0 Å². The molecule has 0 atom stereocenters. The summed E-state index contributed by atoms with van der Waals surface area (Å²) < 4.78 is 5.50. The van der Waals surface area contributed by atoms with E-state index >= 15 is 0 Å². The number of aromatic hydroxyl groups is 2. The molecule has 0 fully saturated rings. The van der Waals surface area contributed by atoms with Crippen molar-refractivity contribution in [2.45, 2.75) is 13.8 Å². The fraction of sp³-hybridized carbons (Fsp3) is 0.118. The van der Waals surface area contributed by atoms with Crippen molar-refractivity contribution in [1.29, 1.82) is 0 Å². The highest BCUT2D eigenvalue weighted by molar-refractivity contribution is 6.14. The number of ether oxygens (including phenoxy) is 1. The van der Waals surface area contributed by atoms with E-state index in [2.05, 4.69) is 0 Å². The third kappa shape index (κ3) is 2.25. The van der Waals surface area contributed by atoms with Crippen LogP contribution in [0.15, 0.2) is 36.1 Å². The number of phenolic OH excluding ortho intramolecular Hbond substituents is 2. The lowest BCUT2D eigenvalue weighted by molar-refractivity contribution is 0.101. The van der Waals surface area contributed by atoms with E-state index in [1.54, 1.807) is 38.1 Å². The van der Waals surface area contributed by atoms with Crippen LogP contribution < -0.4 is 4.74 Å². The van der Waals surface area contributed by atoms with Crippen LogP contribution in [-0.2, 0) is 0 Å². The lowest BCUT2D eigenvalue weighted by Crippen LogP contribution is -1.98. The van der Waals surface area contributed by atoms with Crippen LogP contribution in [0.4, 0.5) is 0 Å². The fourth-order valence-corrected chi connectivity index (χ4v) is 2.40. The highest BCUT2D eigenvalue weighted by Crippen LogP contribution is 2.35. The number of allylic oxidation sites excluding steroid dienone is 1. The standard InChI is InChI=1S/C17H14O4/c1-9-5-11(6-10(2)16(9)19)7-15-17(20)13-4-3-12(18)8-14(13)21-15/h3-8,18-19H,1-2H3/b15-7+. The Morgan fingerprint density at radius 2 is 1.71 bits per heavy atom. The fourth-order valence-electron chi connectivity index (χ4n) is 2.40. The number of carbonyl (C=O) groups is 1. The Kier molecular flexibility index (Phi) is 2.94. The molecule has 3 rings (SSSR count). The molecule has 2 aromatic rings. The molecule has 1 aliphatic heterocycles. The lowest BCUT2D eigenvalue weighted by atomic mass is 10.0. The molecule has 0 bridgehead atoms. The van der Waals surface area contributed by atoms with Gasteiger partial charge in [-0.05, 0) is 60.9 Å². The van der Waals surface area contributed by atoms with Crippen LogP contribution in [0.1, 0.15) is 27.0 Å². The van der Waals surface area contributed by atoms with Crippen molar-refractivity contribution in [2.75, 3.05) is 0 Å². The zero-order valence-electron chi connectivity index (χ0n) is 11.7. The second-order valence-electron chi connectivity index (χ2n) is 5.12. The molecule has 4 heteroatoms. The summed E-state index contributed by atoms with van der Waals surface area (Å²) in [5, 5.41) is 19.2. The number of phenols is 2. The summed E-state index contributed by atoms with van der Waals surface area (Å²) >= 11 is 0. The quantitative estimate of drug-likeness (QED) is 0.787. The SMILES string of the molecule is Cc1cc(/C=C2/Oc3cc(O)ccc3C2=O)cc(C)c1O. The van der Waals surface area contributed by atoms with Gasteiger partial charge in [-0.25, -0.2) is 0 Å². The van der Waals surface area contributed by atoms with Crippen LogP contribution in [0.25, 0.3) is 6.08 Å². The topological polar surface area (TPSA) is 66.8 Å². The number of Topliss-reactive ketones (excluding diaryl/α,β-unsaturated/α-hetero) is 1. The highest BCUT2D eigenvalue weighted by atomic mass is 16.5. The van der Waals surface area contributed by atoms with Gasteiger partial charge in [0.25, 0.3) is 0 Å². The van der Waals surface area contributed by atoms with Crippen LogP contribution in [0.2, 0.25) is 0 Å². The summed E-state index contributed by atoms with van der Waals surface area (Å²) in [6.45, 7) is 3.60. The van der Waals surface area contributed by atoms with Gasteiger partial charge in [0, 0.05) is 6.07 Å². The number of ketones is 1. The molecule has 0 aromatic heterocycles. The van der Waals surface area contributed by atoms with Gasteiger partial charge in [-0.2, -0.15) is 0 Å². The molecule has 1 aliphatic rings. The van der Waals surface area contributed by atoms with Crippen molar-refractivity contribution in [3.05, 3.63) is 58.3 Å².